The van der Waals surface area contributed by atoms with Crippen LogP contribution in [0.25, 0.3) is 32.3 Å². The molecule has 0 saturated heterocycles. The van der Waals surface area contributed by atoms with E-state index in [9.17, 15) is 9.59 Å². The van der Waals surface area contributed by atoms with Crippen LogP contribution in [0.1, 0.15) is 26.3 Å². The third kappa shape index (κ3) is 4.25. The molecule has 6 heteroatoms. The molecule has 1 amide bonds. The number of carbonyl (C=O) groups excluding carboxylic acids is 2. The lowest BCUT2D eigenvalue weighted by molar-refractivity contribution is -0.144. The Labute approximate surface area is 180 Å². The van der Waals surface area contributed by atoms with Gasteiger partial charge in [0.05, 0.1) is 7.11 Å². The zero-order valence-electron chi connectivity index (χ0n) is 18.1. The number of hydrogen-bond acceptors (Lipinski definition) is 5. The van der Waals surface area contributed by atoms with E-state index in [4.69, 9.17) is 9.47 Å². The SMILES string of the molecule is COC(=O)C(NCc1ccc2ccc3cccc4ccc1c2c34)NC(=O)OC(C)(C)C. The predicted octanol–water partition coefficient (Wildman–Crippen LogP) is 4.70. The summed E-state index contributed by atoms with van der Waals surface area (Å²) in [4.78, 5) is 24.4. The molecule has 0 aliphatic rings. The third-order valence-electron chi connectivity index (χ3n) is 5.21. The second-order valence-corrected chi connectivity index (χ2v) is 8.56. The van der Waals surface area contributed by atoms with Gasteiger partial charge in [-0.15, -0.1) is 0 Å². The smallest absolute Gasteiger partial charge is 0.409 e. The van der Waals surface area contributed by atoms with Crippen molar-refractivity contribution in [1.29, 1.82) is 0 Å². The Morgan fingerprint density at radius 1 is 0.903 bits per heavy atom. The van der Waals surface area contributed by atoms with Gasteiger partial charge in [0.2, 0.25) is 0 Å². The van der Waals surface area contributed by atoms with Crippen LogP contribution < -0.4 is 10.6 Å². The average Bonchev–Trinajstić information content (AvgIpc) is 2.73. The lowest BCUT2D eigenvalue weighted by Crippen LogP contribution is -2.52. The largest absolute Gasteiger partial charge is 0.466 e. The number of benzene rings is 4. The molecule has 0 aromatic heterocycles. The number of alkyl carbamates (subject to hydrolysis) is 1. The monoisotopic (exact) mass is 418 g/mol. The standard InChI is InChI=1S/C25H26N2O4/c1-25(2,3)31-24(29)27-22(23(28)30-4)26-14-18-11-10-17-9-8-15-6-5-7-16-12-13-19(18)21(17)20(15)16/h5-13,22,26H,14H2,1-4H3,(H,27,29). The molecule has 1 atom stereocenters. The first-order chi connectivity index (χ1) is 14.8. The topological polar surface area (TPSA) is 76.7 Å². The van der Waals surface area contributed by atoms with Gasteiger partial charge in [0, 0.05) is 6.54 Å². The van der Waals surface area contributed by atoms with Crippen molar-refractivity contribution in [1.82, 2.24) is 10.6 Å². The molecule has 0 fully saturated rings. The maximum absolute atomic E-state index is 12.2. The van der Waals surface area contributed by atoms with E-state index in [1.54, 1.807) is 20.8 Å². The van der Waals surface area contributed by atoms with Crippen molar-refractivity contribution in [3.05, 3.63) is 60.2 Å². The highest BCUT2D eigenvalue weighted by molar-refractivity contribution is 6.23. The van der Waals surface area contributed by atoms with Gasteiger partial charge in [-0.3, -0.25) is 10.6 Å². The number of ether oxygens (including phenoxy) is 2. The maximum Gasteiger partial charge on any atom is 0.409 e. The molecule has 6 nitrogen and oxygen atoms in total. The van der Waals surface area contributed by atoms with Crippen LogP contribution in [0.3, 0.4) is 0 Å². The molecule has 4 rings (SSSR count). The summed E-state index contributed by atoms with van der Waals surface area (Å²) < 4.78 is 10.1. The Kier molecular flexibility index (Phi) is 5.41. The molecule has 0 heterocycles. The van der Waals surface area contributed by atoms with Gasteiger partial charge in [-0.25, -0.2) is 9.59 Å². The summed E-state index contributed by atoms with van der Waals surface area (Å²) >= 11 is 0. The number of nitrogens with one attached hydrogen (secondary N) is 2. The molecule has 1 unspecified atom stereocenters. The number of methoxy groups -OCH3 is 1. The van der Waals surface area contributed by atoms with E-state index >= 15 is 0 Å². The van der Waals surface area contributed by atoms with Gasteiger partial charge in [-0.2, -0.15) is 0 Å². The second kappa shape index (κ2) is 8.04. The molecule has 0 aliphatic carbocycles. The summed E-state index contributed by atoms with van der Waals surface area (Å²) in [6.45, 7) is 5.65. The van der Waals surface area contributed by atoms with Crippen molar-refractivity contribution in [2.75, 3.05) is 7.11 Å². The van der Waals surface area contributed by atoms with Crippen molar-refractivity contribution in [3.63, 3.8) is 0 Å². The number of carbonyl (C=O) groups is 2. The summed E-state index contributed by atoms with van der Waals surface area (Å²) in [5.41, 5.74) is 0.349. The van der Waals surface area contributed by atoms with Crippen LogP contribution in [0.5, 0.6) is 0 Å². The van der Waals surface area contributed by atoms with Crippen LogP contribution in [0.4, 0.5) is 4.79 Å². The number of amides is 1. The predicted molar refractivity (Wildman–Crippen MR) is 122 cm³/mol. The minimum Gasteiger partial charge on any atom is -0.466 e. The number of rotatable bonds is 5. The van der Waals surface area contributed by atoms with Gasteiger partial charge < -0.3 is 9.47 Å². The van der Waals surface area contributed by atoms with Crippen molar-refractivity contribution in [2.45, 2.75) is 39.1 Å². The Morgan fingerprint density at radius 3 is 2.16 bits per heavy atom. The highest BCUT2D eigenvalue weighted by Crippen LogP contribution is 2.35. The normalized spacial score (nSPS) is 12.9. The minimum atomic E-state index is -1.03. The Bertz CT molecular complexity index is 1240. The number of hydrogen-bond donors (Lipinski definition) is 2. The maximum atomic E-state index is 12.2. The van der Waals surface area contributed by atoms with Gasteiger partial charge >= 0.3 is 12.1 Å². The molecule has 4 aromatic rings. The third-order valence-corrected chi connectivity index (χ3v) is 5.21. The van der Waals surface area contributed by atoms with E-state index in [1.165, 1.54) is 34.0 Å². The van der Waals surface area contributed by atoms with Gasteiger partial charge in [0.15, 0.2) is 6.17 Å². The fraction of sp³-hybridized carbons (Fsp3) is 0.280. The molecule has 0 aliphatic heterocycles. The highest BCUT2D eigenvalue weighted by atomic mass is 16.6. The van der Waals surface area contributed by atoms with E-state index in [-0.39, 0.29) is 0 Å². The summed E-state index contributed by atoms with van der Waals surface area (Å²) in [7, 11) is 1.28. The molecular weight excluding hydrogens is 392 g/mol. The molecule has 0 bridgehead atoms. The fourth-order valence-electron chi connectivity index (χ4n) is 3.90. The Morgan fingerprint density at radius 2 is 1.52 bits per heavy atom. The van der Waals surface area contributed by atoms with Crippen LogP contribution >= 0.6 is 0 Å². The van der Waals surface area contributed by atoms with Crippen LogP contribution in [-0.4, -0.2) is 30.9 Å². The molecule has 0 radical (unpaired) electrons. The lowest BCUT2D eigenvalue weighted by Gasteiger charge is -2.23. The van der Waals surface area contributed by atoms with E-state index in [0.29, 0.717) is 6.54 Å². The highest BCUT2D eigenvalue weighted by Gasteiger charge is 2.25. The van der Waals surface area contributed by atoms with Gasteiger partial charge in [-0.05, 0) is 58.7 Å². The molecule has 0 saturated carbocycles. The molecular formula is C25H26N2O4. The fourth-order valence-corrected chi connectivity index (χ4v) is 3.90. The van der Waals surface area contributed by atoms with Gasteiger partial charge in [0.1, 0.15) is 5.60 Å². The van der Waals surface area contributed by atoms with Crippen molar-refractivity contribution in [3.8, 4) is 0 Å². The zero-order valence-corrected chi connectivity index (χ0v) is 18.1. The average molecular weight is 418 g/mol. The van der Waals surface area contributed by atoms with Crippen LogP contribution in [-0.2, 0) is 20.8 Å². The summed E-state index contributed by atoms with van der Waals surface area (Å²) in [6.07, 6.45) is -1.72. The first-order valence-electron chi connectivity index (χ1n) is 10.2. The van der Waals surface area contributed by atoms with E-state index in [0.717, 1.165) is 10.9 Å². The van der Waals surface area contributed by atoms with Crippen molar-refractivity contribution in [2.24, 2.45) is 0 Å². The number of esters is 1. The van der Waals surface area contributed by atoms with E-state index < -0.39 is 23.8 Å². The minimum absolute atomic E-state index is 0.365. The van der Waals surface area contributed by atoms with Crippen molar-refractivity contribution >= 4 is 44.4 Å². The van der Waals surface area contributed by atoms with Crippen LogP contribution in [0.2, 0.25) is 0 Å². The van der Waals surface area contributed by atoms with Crippen molar-refractivity contribution < 1.29 is 19.1 Å². The zero-order chi connectivity index (χ0) is 22.2. The van der Waals surface area contributed by atoms with Crippen LogP contribution in [0.15, 0.2) is 54.6 Å². The van der Waals surface area contributed by atoms with Gasteiger partial charge in [0.25, 0.3) is 0 Å². The van der Waals surface area contributed by atoms with Crippen LogP contribution in [0, 0.1) is 0 Å². The summed E-state index contributed by atoms with van der Waals surface area (Å²) in [6, 6.07) is 18.9. The van der Waals surface area contributed by atoms with Gasteiger partial charge in [-0.1, -0.05) is 54.6 Å². The Balaban J connectivity index is 1.63. The first kappa shape index (κ1) is 20.9. The molecule has 160 valence electrons. The molecule has 2 N–H and O–H groups in total. The van der Waals surface area contributed by atoms with E-state index in [2.05, 4.69) is 59.2 Å². The van der Waals surface area contributed by atoms with E-state index in [1.807, 2.05) is 6.07 Å². The Hall–Kier alpha value is -3.38. The summed E-state index contributed by atoms with van der Waals surface area (Å²) in [5, 5.41) is 12.7. The molecule has 0 spiro atoms. The molecule has 31 heavy (non-hydrogen) atoms. The lowest BCUT2D eigenvalue weighted by atomic mass is 9.92. The quantitative estimate of drug-likeness (QED) is 0.279. The second-order valence-electron chi connectivity index (χ2n) is 8.56. The summed E-state index contributed by atoms with van der Waals surface area (Å²) in [5.74, 6) is -0.594. The molecule has 4 aromatic carbocycles. The first-order valence-corrected chi connectivity index (χ1v) is 10.2.